The number of alkyl halides is 3. The normalized spacial score (nSPS) is 11.3. The second-order valence-corrected chi connectivity index (χ2v) is 7.75. The number of hydrogen-bond acceptors (Lipinski definition) is 5. The number of aryl methyl sites for hydroxylation is 1. The van der Waals surface area contributed by atoms with Gasteiger partial charge in [-0.15, -0.1) is 13.2 Å². The molecule has 35 heavy (non-hydrogen) atoms. The Morgan fingerprint density at radius 3 is 2.57 bits per heavy atom. The van der Waals surface area contributed by atoms with Gasteiger partial charge in [0, 0.05) is 24.8 Å². The van der Waals surface area contributed by atoms with Crippen LogP contribution in [0.25, 0.3) is 0 Å². The monoisotopic (exact) mass is 492 g/mol. The summed E-state index contributed by atoms with van der Waals surface area (Å²) in [5, 5.41) is 2.67. The fraction of sp³-hybridized carbons (Fsp3) is 0.250. The van der Waals surface area contributed by atoms with Crippen LogP contribution >= 0.6 is 0 Å². The standard InChI is InChI=1S/C24H24F4N4O3/c1-15-7-8-32(31-13-16-3-2-4-20(9-16)35-24(26,27)28)23(34)21(15)11-22(33)30-14-18-10-19(25)6-5-17(18)12-29/h2-10,31H,11-14,29H2,1H3,(H,30,33). The van der Waals surface area contributed by atoms with Gasteiger partial charge in [-0.05, 0) is 59.5 Å². The number of nitrogens with one attached hydrogen (secondary N) is 2. The van der Waals surface area contributed by atoms with Gasteiger partial charge in [0.2, 0.25) is 5.91 Å². The Hall–Kier alpha value is -3.86. The van der Waals surface area contributed by atoms with E-state index in [2.05, 4.69) is 15.5 Å². The number of nitrogens with zero attached hydrogens (tertiary/aromatic N) is 1. The third-order valence-corrected chi connectivity index (χ3v) is 5.21. The Balaban J connectivity index is 1.67. The molecule has 3 aromatic rings. The summed E-state index contributed by atoms with van der Waals surface area (Å²) in [4.78, 5) is 25.4. The van der Waals surface area contributed by atoms with Crippen molar-refractivity contribution in [1.29, 1.82) is 0 Å². The number of rotatable bonds is 9. The van der Waals surface area contributed by atoms with E-state index in [-0.39, 0.29) is 37.4 Å². The number of aromatic nitrogens is 1. The lowest BCUT2D eigenvalue weighted by Crippen LogP contribution is -2.34. The maximum Gasteiger partial charge on any atom is 0.573 e. The topological polar surface area (TPSA) is 98.4 Å². The van der Waals surface area contributed by atoms with Gasteiger partial charge < -0.3 is 21.2 Å². The zero-order valence-corrected chi connectivity index (χ0v) is 18.8. The van der Waals surface area contributed by atoms with Gasteiger partial charge in [-0.2, -0.15) is 0 Å². The summed E-state index contributed by atoms with van der Waals surface area (Å²) in [6.45, 7) is 1.96. The molecule has 0 aliphatic rings. The average Bonchev–Trinajstić information content (AvgIpc) is 2.79. The minimum atomic E-state index is -4.81. The SMILES string of the molecule is Cc1ccn(NCc2cccc(OC(F)(F)F)c2)c(=O)c1CC(=O)NCc1cc(F)ccc1CN. The Labute approximate surface area is 198 Å². The van der Waals surface area contributed by atoms with E-state index in [9.17, 15) is 27.2 Å². The van der Waals surface area contributed by atoms with E-state index < -0.39 is 23.6 Å². The molecule has 1 amide bonds. The van der Waals surface area contributed by atoms with Crippen LogP contribution in [0.3, 0.4) is 0 Å². The fourth-order valence-electron chi connectivity index (χ4n) is 3.41. The third-order valence-electron chi connectivity index (χ3n) is 5.21. The quantitative estimate of drug-likeness (QED) is 0.399. The van der Waals surface area contributed by atoms with E-state index in [1.165, 1.54) is 36.5 Å². The highest BCUT2D eigenvalue weighted by atomic mass is 19.4. The molecule has 0 bridgehead atoms. The minimum absolute atomic E-state index is 0.0328. The highest BCUT2D eigenvalue weighted by molar-refractivity contribution is 5.78. The van der Waals surface area contributed by atoms with Gasteiger partial charge in [-0.1, -0.05) is 18.2 Å². The van der Waals surface area contributed by atoms with Crippen LogP contribution in [-0.4, -0.2) is 16.9 Å². The third kappa shape index (κ3) is 7.31. The lowest BCUT2D eigenvalue weighted by Gasteiger charge is -2.14. The summed E-state index contributed by atoms with van der Waals surface area (Å²) in [6.07, 6.45) is -3.55. The summed E-state index contributed by atoms with van der Waals surface area (Å²) in [5.41, 5.74) is 10.5. The zero-order chi connectivity index (χ0) is 25.6. The Morgan fingerprint density at radius 1 is 1.09 bits per heavy atom. The molecule has 0 saturated heterocycles. The van der Waals surface area contributed by atoms with Crippen LogP contribution in [0.15, 0.2) is 59.5 Å². The van der Waals surface area contributed by atoms with Crippen molar-refractivity contribution in [3.8, 4) is 5.75 Å². The van der Waals surface area contributed by atoms with Crippen molar-refractivity contribution in [2.75, 3.05) is 5.43 Å². The van der Waals surface area contributed by atoms with E-state index in [0.29, 0.717) is 22.3 Å². The zero-order valence-electron chi connectivity index (χ0n) is 18.8. The Morgan fingerprint density at radius 2 is 1.86 bits per heavy atom. The Bertz CT molecular complexity index is 1260. The molecule has 0 spiro atoms. The lowest BCUT2D eigenvalue weighted by molar-refractivity contribution is -0.274. The van der Waals surface area contributed by atoms with Crippen molar-refractivity contribution in [1.82, 2.24) is 9.99 Å². The van der Waals surface area contributed by atoms with Gasteiger partial charge in [0.1, 0.15) is 11.6 Å². The highest BCUT2D eigenvalue weighted by Gasteiger charge is 2.31. The van der Waals surface area contributed by atoms with E-state index in [0.717, 1.165) is 4.68 Å². The van der Waals surface area contributed by atoms with Gasteiger partial charge in [0.05, 0.1) is 13.0 Å². The molecule has 11 heteroatoms. The van der Waals surface area contributed by atoms with Gasteiger partial charge in [0.25, 0.3) is 5.56 Å². The molecule has 3 rings (SSSR count). The first-order valence-electron chi connectivity index (χ1n) is 10.6. The molecule has 186 valence electrons. The van der Waals surface area contributed by atoms with Gasteiger partial charge in [-0.3, -0.25) is 9.59 Å². The molecule has 0 saturated carbocycles. The smallest absolute Gasteiger partial charge is 0.406 e. The second-order valence-electron chi connectivity index (χ2n) is 7.75. The van der Waals surface area contributed by atoms with Gasteiger partial charge in [0.15, 0.2) is 0 Å². The van der Waals surface area contributed by atoms with Crippen LogP contribution in [0.1, 0.15) is 27.8 Å². The number of benzene rings is 2. The predicted molar refractivity (Wildman–Crippen MR) is 121 cm³/mol. The van der Waals surface area contributed by atoms with Crippen LogP contribution in [-0.2, 0) is 30.8 Å². The summed E-state index contributed by atoms with van der Waals surface area (Å²) < 4.78 is 55.9. The first kappa shape index (κ1) is 25.8. The molecule has 7 nitrogen and oxygen atoms in total. The molecule has 2 aromatic carbocycles. The molecule has 0 aliphatic heterocycles. The molecule has 0 aliphatic carbocycles. The molecule has 1 heterocycles. The van der Waals surface area contributed by atoms with Crippen molar-refractivity contribution < 1.29 is 27.1 Å². The van der Waals surface area contributed by atoms with E-state index in [1.54, 1.807) is 25.1 Å². The number of carbonyl (C=O) groups excluding carboxylic acids is 1. The van der Waals surface area contributed by atoms with Gasteiger partial charge >= 0.3 is 6.36 Å². The van der Waals surface area contributed by atoms with Crippen molar-refractivity contribution in [2.45, 2.75) is 39.3 Å². The van der Waals surface area contributed by atoms with Crippen LogP contribution in [0.5, 0.6) is 5.75 Å². The maximum atomic E-state index is 13.5. The molecule has 4 N–H and O–H groups in total. The first-order valence-corrected chi connectivity index (χ1v) is 10.6. The summed E-state index contributed by atoms with van der Waals surface area (Å²) in [7, 11) is 0. The molecular weight excluding hydrogens is 468 g/mol. The maximum absolute atomic E-state index is 13.5. The van der Waals surface area contributed by atoms with Crippen molar-refractivity contribution in [3.63, 3.8) is 0 Å². The van der Waals surface area contributed by atoms with E-state index >= 15 is 0 Å². The van der Waals surface area contributed by atoms with Gasteiger partial charge in [-0.25, -0.2) is 9.07 Å². The van der Waals surface area contributed by atoms with E-state index in [4.69, 9.17) is 5.73 Å². The number of ether oxygens (including phenoxy) is 1. The highest BCUT2D eigenvalue weighted by Crippen LogP contribution is 2.23. The number of amides is 1. The summed E-state index contributed by atoms with van der Waals surface area (Å²) in [5.74, 6) is -1.26. The molecule has 0 fully saturated rings. The number of hydrogen-bond donors (Lipinski definition) is 3. The fourth-order valence-corrected chi connectivity index (χ4v) is 3.41. The molecule has 0 atom stereocenters. The predicted octanol–water partition coefficient (Wildman–Crippen LogP) is 3.26. The number of pyridine rings is 1. The molecule has 0 radical (unpaired) electrons. The van der Waals surface area contributed by atoms with Crippen LogP contribution in [0, 0.1) is 12.7 Å². The van der Waals surface area contributed by atoms with Crippen LogP contribution < -0.4 is 26.8 Å². The molecular formula is C24H24F4N4O3. The van der Waals surface area contributed by atoms with Crippen LogP contribution in [0.4, 0.5) is 17.6 Å². The van der Waals surface area contributed by atoms with E-state index in [1.807, 2.05) is 0 Å². The van der Waals surface area contributed by atoms with Crippen molar-refractivity contribution in [3.05, 3.63) is 98.7 Å². The first-order chi connectivity index (χ1) is 16.6. The number of nitrogens with two attached hydrogens (primary N) is 1. The lowest BCUT2D eigenvalue weighted by atomic mass is 10.1. The molecule has 1 aromatic heterocycles. The summed E-state index contributed by atoms with van der Waals surface area (Å²) in [6, 6.07) is 11.1. The average molecular weight is 492 g/mol. The number of carbonyl (C=O) groups is 1. The van der Waals surface area contributed by atoms with Crippen molar-refractivity contribution >= 4 is 5.91 Å². The summed E-state index contributed by atoms with van der Waals surface area (Å²) >= 11 is 0. The van der Waals surface area contributed by atoms with Crippen molar-refractivity contribution in [2.24, 2.45) is 5.73 Å². The number of halogens is 4. The van der Waals surface area contributed by atoms with Crippen LogP contribution in [0.2, 0.25) is 0 Å². The largest absolute Gasteiger partial charge is 0.573 e. The Kier molecular flexibility index (Phi) is 8.13. The molecule has 0 unspecified atom stereocenters. The second kappa shape index (κ2) is 11.0. The minimum Gasteiger partial charge on any atom is -0.406 e.